The van der Waals surface area contributed by atoms with Crippen LogP contribution in [0.15, 0.2) is 96.2 Å². The molecule has 3 aromatic carbocycles. The standard InChI is InChI=1S/C23H19ClN4O3S/c24-21-11-4-5-12-22(21)27-32(30,31)20-10-6-7-18(14-20)26-23(29)13-17-15-25-28(16-17)19-8-2-1-3-9-19/h1-12,14-16,27H,13H2,(H,26,29). The lowest BCUT2D eigenvalue weighted by molar-refractivity contribution is -0.115. The first-order valence-electron chi connectivity index (χ1n) is 9.67. The highest BCUT2D eigenvalue weighted by Gasteiger charge is 2.17. The van der Waals surface area contributed by atoms with Gasteiger partial charge in [-0.25, -0.2) is 13.1 Å². The number of hydrogen-bond donors (Lipinski definition) is 2. The number of nitrogens with one attached hydrogen (secondary N) is 2. The van der Waals surface area contributed by atoms with Crippen molar-refractivity contribution < 1.29 is 13.2 Å². The molecule has 0 aliphatic rings. The van der Waals surface area contributed by atoms with Crippen LogP contribution in [0.1, 0.15) is 5.56 Å². The average Bonchev–Trinajstić information content (AvgIpc) is 3.24. The second kappa shape index (κ2) is 9.25. The smallest absolute Gasteiger partial charge is 0.262 e. The van der Waals surface area contributed by atoms with Gasteiger partial charge >= 0.3 is 0 Å². The summed E-state index contributed by atoms with van der Waals surface area (Å²) in [4.78, 5) is 12.5. The molecule has 0 bridgehead atoms. The molecule has 0 saturated heterocycles. The Labute approximate surface area is 190 Å². The summed E-state index contributed by atoms with van der Waals surface area (Å²) >= 11 is 6.04. The maximum atomic E-state index is 12.7. The zero-order valence-electron chi connectivity index (χ0n) is 16.8. The van der Waals surface area contributed by atoms with Gasteiger partial charge in [0.25, 0.3) is 10.0 Å². The third kappa shape index (κ3) is 5.16. The maximum Gasteiger partial charge on any atom is 0.262 e. The van der Waals surface area contributed by atoms with Gasteiger partial charge < -0.3 is 5.32 Å². The molecule has 0 radical (unpaired) electrons. The van der Waals surface area contributed by atoms with Crippen LogP contribution in [0.25, 0.3) is 5.69 Å². The maximum absolute atomic E-state index is 12.7. The molecule has 32 heavy (non-hydrogen) atoms. The molecule has 0 saturated carbocycles. The van der Waals surface area contributed by atoms with E-state index in [0.717, 1.165) is 11.3 Å². The predicted molar refractivity (Wildman–Crippen MR) is 125 cm³/mol. The first kappa shape index (κ1) is 21.6. The summed E-state index contributed by atoms with van der Waals surface area (Å²) in [5.41, 5.74) is 2.27. The van der Waals surface area contributed by atoms with Crippen LogP contribution in [0.2, 0.25) is 5.02 Å². The number of sulfonamides is 1. The van der Waals surface area contributed by atoms with Gasteiger partial charge in [0, 0.05) is 11.9 Å². The molecule has 1 aromatic heterocycles. The fourth-order valence-corrected chi connectivity index (χ4v) is 4.42. The molecule has 162 valence electrons. The molecule has 2 N–H and O–H groups in total. The highest BCUT2D eigenvalue weighted by molar-refractivity contribution is 7.92. The molecule has 1 heterocycles. The monoisotopic (exact) mass is 466 g/mol. The highest BCUT2D eigenvalue weighted by atomic mass is 35.5. The van der Waals surface area contributed by atoms with E-state index in [1.165, 1.54) is 12.1 Å². The van der Waals surface area contributed by atoms with E-state index in [0.29, 0.717) is 5.69 Å². The average molecular weight is 467 g/mol. The minimum Gasteiger partial charge on any atom is -0.326 e. The second-order valence-electron chi connectivity index (χ2n) is 6.97. The second-order valence-corrected chi connectivity index (χ2v) is 9.06. The summed E-state index contributed by atoms with van der Waals surface area (Å²) in [7, 11) is -3.88. The Hall–Kier alpha value is -3.62. The molecule has 7 nitrogen and oxygen atoms in total. The van der Waals surface area contributed by atoms with Crippen LogP contribution < -0.4 is 10.0 Å². The van der Waals surface area contributed by atoms with Crippen LogP contribution in [-0.2, 0) is 21.2 Å². The first-order valence-corrected chi connectivity index (χ1v) is 11.5. The van der Waals surface area contributed by atoms with Crippen molar-refractivity contribution in [3.63, 3.8) is 0 Å². The largest absolute Gasteiger partial charge is 0.326 e. The van der Waals surface area contributed by atoms with Gasteiger partial charge in [-0.2, -0.15) is 5.10 Å². The number of aromatic nitrogens is 2. The van der Waals surface area contributed by atoms with Gasteiger partial charge in [-0.15, -0.1) is 0 Å². The van der Waals surface area contributed by atoms with Crippen molar-refractivity contribution >= 4 is 38.9 Å². The summed E-state index contributed by atoms with van der Waals surface area (Å²) in [6, 6.07) is 22.1. The Morgan fingerprint density at radius 2 is 1.72 bits per heavy atom. The van der Waals surface area contributed by atoms with E-state index in [-0.39, 0.29) is 27.9 Å². The van der Waals surface area contributed by atoms with Gasteiger partial charge in [0.05, 0.1) is 33.9 Å². The normalized spacial score (nSPS) is 11.2. The summed E-state index contributed by atoms with van der Waals surface area (Å²) < 4.78 is 29.6. The van der Waals surface area contributed by atoms with E-state index in [2.05, 4.69) is 15.1 Å². The number of hydrogen-bond acceptors (Lipinski definition) is 4. The van der Waals surface area contributed by atoms with E-state index in [1.807, 2.05) is 30.3 Å². The van der Waals surface area contributed by atoms with Crippen LogP contribution in [0.4, 0.5) is 11.4 Å². The van der Waals surface area contributed by atoms with Gasteiger partial charge in [-0.3, -0.25) is 9.52 Å². The number of nitrogens with zero attached hydrogens (tertiary/aromatic N) is 2. The van der Waals surface area contributed by atoms with Crippen molar-refractivity contribution in [2.75, 3.05) is 10.0 Å². The number of benzene rings is 3. The molecule has 0 aliphatic carbocycles. The number of halogens is 1. The molecule has 1 amide bonds. The number of anilines is 2. The van der Waals surface area contributed by atoms with Gasteiger partial charge in [0.1, 0.15) is 0 Å². The summed E-state index contributed by atoms with van der Waals surface area (Å²) in [6.07, 6.45) is 3.51. The van der Waals surface area contributed by atoms with Gasteiger partial charge in [-0.1, -0.05) is 48.0 Å². The quantitative estimate of drug-likeness (QED) is 0.419. The third-order valence-corrected chi connectivity index (χ3v) is 6.26. The molecule has 4 rings (SSSR count). The molecular weight excluding hydrogens is 448 g/mol. The number of carbonyl (C=O) groups excluding carboxylic acids is 1. The lowest BCUT2D eigenvalue weighted by atomic mass is 10.2. The zero-order chi connectivity index (χ0) is 22.6. The first-order chi connectivity index (χ1) is 15.4. The highest BCUT2D eigenvalue weighted by Crippen LogP contribution is 2.25. The SMILES string of the molecule is O=C(Cc1cnn(-c2ccccc2)c1)Nc1cccc(S(=O)(=O)Nc2ccccc2Cl)c1. The van der Waals surface area contributed by atoms with Crippen molar-refractivity contribution in [3.8, 4) is 5.69 Å². The molecule has 0 fully saturated rings. The van der Waals surface area contributed by atoms with Crippen LogP contribution in [0.5, 0.6) is 0 Å². The topological polar surface area (TPSA) is 93.1 Å². The molecule has 0 unspecified atom stereocenters. The summed E-state index contributed by atoms with van der Waals surface area (Å²) in [6.45, 7) is 0. The van der Waals surface area contributed by atoms with E-state index in [1.54, 1.807) is 53.5 Å². The molecular formula is C23H19ClN4O3S. The fourth-order valence-electron chi connectivity index (χ4n) is 3.05. The minimum absolute atomic E-state index is 0.00659. The number of carbonyl (C=O) groups is 1. The molecule has 9 heteroatoms. The van der Waals surface area contributed by atoms with Crippen molar-refractivity contribution in [2.45, 2.75) is 11.3 Å². The van der Waals surface area contributed by atoms with Gasteiger partial charge in [0.2, 0.25) is 5.91 Å². The number of para-hydroxylation sites is 2. The Balaban J connectivity index is 1.44. The van der Waals surface area contributed by atoms with Gasteiger partial charge in [0.15, 0.2) is 0 Å². The van der Waals surface area contributed by atoms with E-state index in [9.17, 15) is 13.2 Å². The van der Waals surface area contributed by atoms with Crippen molar-refractivity contribution in [1.82, 2.24) is 9.78 Å². The fraction of sp³-hybridized carbons (Fsp3) is 0.0435. The van der Waals surface area contributed by atoms with Crippen molar-refractivity contribution in [3.05, 3.63) is 102 Å². The van der Waals surface area contributed by atoms with Crippen LogP contribution in [0.3, 0.4) is 0 Å². The molecule has 4 aromatic rings. The van der Waals surface area contributed by atoms with Crippen molar-refractivity contribution in [2.24, 2.45) is 0 Å². The van der Waals surface area contributed by atoms with E-state index >= 15 is 0 Å². The van der Waals surface area contributed by atoms with Crippen LogP contribution >= 0.6 is 11.6 Å². The predicted octanol–water partition coefficient (Wildman–Crippen LogP) is 4.51. The molecule has 0 spiro atoms. The molecule has 0 atom stereocenters. The zero-order valence-corrected chi connectivity index (χ0v) is 18.3. The van der Waals surface area contributed by atoms with E-state index in [4.69, 9.17) is 11.6 Å². The summed E-state index contributed by atoms with van der Waals surface area (Å²) in [5, 5.41) is 7.30. The third-order valence-electron chi connectivity index (χ3n) is 4.57. The molecule has 0 aliphatic heterocycles. The van der Waals surface area contributed by atoms with E-state index < -0.39 is 10.0 Å². The minimum atomic E-state index is -3.88. The van der Waals surface area contributed by atoms with Gasteiger partial charge in [-0.05, 0) is 48.0 Å². The number of amides is 1. The lowest BCUT2D eigenvalue weighted by Crippen LogP contribution is -2.16. The Morgan fingerprint density at radius 3 is 2.50 bits per heavy atom. The van der Waals surface area contributed by atoms with Crippen molar-refractivity contribution in [1.29, 1.82) is 0 Å². The van der Waals surface area contributed by atoms with Crippen LogP contribution in [0, 0.1) is 0 Å². The Morgan fingerprint density at radius 1 is 0.969 bits per heavy atom. The van der Waals surface area contributed by atoms with Crippen LogP contribution in [-0.4, -0.2) is 24.1 Å². The Kier molecular flexibility index (Phi) is 6.25. The number of rotatable bonds is 7. The summed E-state index contributed by atoms with van der Waals surface area (Å²) in [5.74, 6) is -0.286. The Bertz CT molecular complexity index is 1350. The lowest BCUT2D eigenvalue weighted by Gasteiger charge is -2.11.